The number of hydrogen-bond donors (Lipinski definition) is 1. The Hall–Kier alpha value is -2.49. The molecule has 0 bridgehead atoms. The fourth-order valence-electron chi connectivity index (χ4n) is 2.14. The van der Waals surface area contributed by atoms with E-state index in [4.69, 9.17) is 4.74 Å². The van der Waals surface area contributed by atoms with Crippen LogP contribution in [0.15, 0.2) is 60.7 Å². The molecule has 0 amide bonds. The third-order valence-electron chi connectivity index (χ3n) is 3.17. The smallest absolute Gasteiger partial charge is 0.305 e. The van der Waals surface area contributed by atoms with E-state index >= 15 is 0 Å². The van der Waals surface area contributed by atoms with Crippen molar-refractivity contribution < 1.29 is 9.53 Å². The molecule has 0 aliphatic heterocycles. The number of carbonyl (C=O) groups excluding carboxylic acids is 1. The second-order valence-corrected chi connectivity index (χ2v) is 4.87. The summed E-state index contributed by atoms with van der Waals surface area (Å²) in [5.41, 5.74) is 5.46. The van der Waals surface area contributed by atoms with Gasteiger partial charge in [-0.1, -0.05) is 36.4 Å². The summed E-state index contributed by atoms with van der Waals surface area (Å²) in [5.74, 6) is -0.143. The Morgan fingerprint density at radius 3 is 2.32 bits per heavy atom. The van der Waals surface area contributed by atoms with Gasteiger partial charge in [-0.3, -0.25) is 15.2 Å². The molecule has 0 aliphatic carbocycles. The number of hydrogen-bond acceptors (Lipinski definition) is 4. The Labute approximate surface area is 131 Å². The highest BCUT2D eigenvalue weighted by Gasteiger charge is 2.08. The van der Waals surface area contributed by atoms with Crippen molar-refractivity contribution in [3.63, 3.8) is 0 Å². The van der Waals surface area contributed by atoms with Gasteiger partial charge in [0.1, 0.15) is 0 Å². The molecule has 0 saturated carbocycles. The lowest BCUT2D eigenvalue weighted by atomic mass is 10.2. The summed E-state index contributed by atoms with van der Waals surface area (Å²) in [6.07, 6.45) is 1.15. The van der Waals surface area contributed by atoms with Gasteiger partial charge in [0.25, 0.3) is 0 Å². The van der Waals surface area contributed by atoms with Gasteiger partial charge in [-0.2, -0.15) is 0 Å². The fraction of sp³-hybridized carbons (Fsp3) is 0.278. The van der Waals surface area contributed by atoms with Crippen molar-refractivity contribution in [3.8, 4) is 0 Å². The van der Waals surface area contributed by atoms with Crippen molar-refractivity contribution >= 4 is 17.3 Å². The molecule has 0 aliphatic rings. The Bertz CT molecular complexity index is 558. The Balaban J connectivity index is 1.98. The van der Waals surface area contributed by atoms with Crippen molar-refractivity contribution in [3.05, 3.63) is 60.7 Å². The second-order valence-electron chi connectivity index (χ2n) is 4.87. The molecule has 1 N–H and O–H groups in total. The van der Waals surface area contributed by atoms with Gasteiger partial charge in [0.15, 0.2) is 0 Å². The minimum absolute atomic E-state index is 0.143. The number of hydrazine groups is 1. The van der Waals surface area contributed by atoms with Crippen LogP contribution in [0.5, 0.6) is 0 Å². The number of esters is 1. The Morgan fingerprint density at radius 2 is 1.68 bits per heavy atom. The van der Waals surface area contributed by atoms with Gasteiger partial charge in [-0.25, -0.2) is 0 Å². The first kappa shape index (κ1) is 15.9. The summed E-state index contributed by atoms with van der Waals surface area (Å²) < 4.78 is 4.97. The van der Waals surface area contributed by atoms with Crippen LogP contribution in [0.2, 0.25) is 0 Å². The summed E-state index contributed by atoms with van der Waals surface area (Å²) >= 11 is 0. The van der Waals surface area contributed by atoms with Crippen LogP contribution in [0.1, 0.15) is 19.8 Å². The van der Waals surface area contributed by atoms with Crippen LogP contribution in [0, 0.1) is 0 Å². The summed E-state index contributed by atoms with van der Waals surface area (Å²) in [6, 6.07) is 20.1. The number of benzene rings is 2. The third-order valence-corrected chi connectivity index (χ3v) is 3.17. The van der Waals surface area contributed by atoms with E-state index in [0.717, 1.165) is 24.3 Å². The van der Waals surface area contributed by atoms with Gasteiger partial charge >= 0.3 is 5.97 Å². The third kappa shape index (κ3) is 5.13. The van der Waals surface area contributed by atoms with Gasteiger partial charge < -0.3 is 4.74 Å². The maximum absolute atomic E-state index is 11.5. The first-order chi connectivity index (χ1) is 10.8. The largest absolute Gasteiger partial charge is 0.466 e. The fourth-order valence-corrected chi connectivity index (χ4v) is 2.14. The zero-order chi connectivity index (χ0) is 15.6. The van der Waals surface area contributed by atoms with E-state index in [9.17, 15) is 4.79 Å². The molecule has 0 spiro atoms. The highest BCUT2D eigenvalue weighted by Crippen LogP contribution is 2.16. The topological polar surface area (TPSA) is 41.6 Å². The quantitative estimate of drug-likeness (QED) is 0.593. The van der Waals surface area contributed by atoms with Crippen LogP contribution in [-0.2, 0) is 9.53 Å². The number of nitrogens with one attached hydrogen (secondary N) is 1. The molecular weight excluding hydrogens is 276 g/mol. The maximum atomic E-state index is 11.5. The van der Waals surface area contributed by atoms with E-state index < -0.39 is 0 Å². The van der Waals surface area contributed by atoms with Crippen molar-refractivity contribution in [2.75, 3.05) is 23.6 Å². The maximum Gasteiger partial charge on any atom is 0.305 e. The number of nitrogens with zero attached hydrogens (tertiary/aromatic N) is 1. The predicted molar refractivity (Wildman–Crippen MR) is 89.7 cm³/mol. The molecule has 0 heterocycles. The highest BCUT2D eigenvalue weighted by atomic mass is 16.5. The van der Waals surface area contributed by atoms with Gasteiger partial charge in [0.2, 0.25) is 0 Å². The summed E-state index contributed by atoms with van der Waals surface area (Å²) in [4.78, 5) is 11.5. The molecule has 22 heavy (non-hydrogen) atoms. The molecule has 0 radical (unpaired) electrons. The number of anilines is 2. The zero-order valence-corrected chi connectivity index (χ0v) is 12.9. The van der Waals surface area contributed by atoms with Gasteiger partial charge in [0, 0.05) is 13.0 Å². The predicted octanol–water partition coefficient (Wildman–Crippen LogP) is 3.86. The van der Waals surface area contributed by atoms with E-state index in [-0.39, 0.29) is 5.97 Å². The molecule has 4 heteroatoms. The highest BCUT2D eigenvalue weighted by molar-refractivity contribution is 5.69. The minimum Gasteiger partial charge on any atom is -0.466 e. The summed E-state index contributed by atoms with van der Waals surface area (Å²) in [6.45, 7) is 2.98. The molecule has 0 atom stereocenters. The van der Waals surface area contributed by atoms with Crippen molar-refractivity contribution in [1.82, 2.24) is 0 Å². The second kappa shape index (κ2) is 8.72. The molecule has 0 fully saturated rings. The Kier molecular flexibility index (Phi) is 6.30. The zero-order valence-electron chi connectivity index (χ0n) is 12.9. The number of rotatable bonds is 8. The van der Waals surface area contributed by atoms with Crippen LogP contribution in [0.25, 0.3) is 0 Å². The van der Waals surface area contributed by atoms with Crippen LogP contribution in [-0.4, -0.2) is 19.1 Å². The number of carbonyl (C=O) groups is 1. The first-order valence-electron chi connectivity index (χ1n) is 7.59. The van der Waals surface area contributed by atoms with Crippen LogP contribution in [0.3, 0.4) is 0 Å². The molecule has 4 nitrogen and oxygen atoms in total. The van der Waals surface area contributed by atoms with Crippen LogP contribution < -0.4 is 10.4 Å². The van der Waals surface area contributed by atoms with Crippen LogP contribution >= 0.6 is 0 Å². The minimum atomic E-state index is -0.143. The molecule has 0 unspecified atom stereocenters. The molecule has 2 aromatic carbocycles. The lowest BCUT2D eigenvalue weighted by Crippen LogP contribution is -2.31. The average Bonchev–Trinajstić information content (AvgIpc) is 2.56. The average molecular weight is 298 g/mol. The summed E-state index contributed by atoms with van der Waals surface area (Å²) in [5, 5.41) is 2.05. The van der Waals surface area contributed by atoms with Gasteiger partial charge in [0.05, 0.1) is 18.0 Å². The van der Waals surface area contributed by atoms with E-state index in [0.29, 0.717) is 13.0 Å². The van der Waals surface area contributed by atoms with Crippen LogP contribution in [0.4, 0.5) is 11.4 Å². The monoisotopic (exact) mass is 298 g/mol. The molecule has 2 rings (SSSR count). The lowest BCUT2D eigenvalue weighted by molar-refractivity contribution is -0.143. The van der Waals surface area contributed by atoms with E-state index in [2.05, 4.69) is 10.4 Å². The lowest BCUT2D eigenvalue weighted by Gasteiger charge is -2.26. The standard InChI is InChI=1S/C18H22N2O2/c1-2-22-18(21)14-9-15-20(17-12-7-4-8-13-17)19-16-10-5-3-6-11-16/h3-8,10-13,19H,2,9,14-15H2,1H3. The molecule has 0 aromatic heterocycles. The van der Waals surface area contributed by atoms with Crippen molar-refractivity contribution in [2.45, 2.75) is 19.8 Å². The summed E-state index contributed by atoms with van der Waals surface area (Å²) in [7, 11) is 0. The van der Waals surface area contributed by atoms with Crippen molar-refractivity contribution in [2.24, 2.45) is 0 Å². The number of ether oxygens (including phenoxy) is 1. The SMILES string of the molecule is CCOC(=O)CCCN(Nc1ccccc1)c1ccccc1. The normalized spacial score (nSPS) is 10.0. The van der Waals surface area contributed by atoms with Gasteiger partial charge in [-0.05, 0) is 37.6 Å². The number of para-hydroxylation sites is 2. The van der Waals surface area contributed by atoms with E-state index in [1.54, 1.807) is 0 Å². The van der Waals surface area contributed by atoms with E-state index in [1.807, 2.05) is 67.6 Å². The molecule has 116 valence electrons. The van der Waals surface area contributed by atoms with Crippen molar-refractivity contribution in [1.29, 1.82) is 0 Å². The van der Waals surface area contributed by atoms with E-state index in [1.165, 1.54) is 0 Å². The Morgan fingerprint density at radius 1 is 1.05 bits per heavy atom. The van der Waals surface area contributed by atoms with Gasteiger partial charge in [-0.15, -0.1) is 0 Å². The molecule has 2 aromatic rings. The molecular formula is C18H22N2O2. The first-order valence-corrected chi connectivity index (χ1v) is 7.59. The molecule has 0 saturated heterocycles.